The van der Waals surface area contributed by atoms with E-state index >= 15 is 0 Å². The van der Waals surface area contributed by atoms with E-state index in [4.69, 9.17) is 10.5 Å². The monoisotopic (exact) mass is 348 g/mol. The molecule has 112 valence electrons. The molecule has 1 heterocycles. The number of halogens is 1. The van der Waals surface area contributed by atoms with Gasteiger partial charge in [0, 0.05) is 22.9 Å². The van der Waals surface area contributed by atoms with E-state index in [2.05, 4.69) is 41.7 Å². The zero-order valence-corrected chi connectivity index (χ0v) is 14.2. The van der Waals surface area contributed by atoms with Crippen LogP contribution in [0.5, 0.6) is 5.75 Å². The van der Waals surface area contributed by atoms with Gasteiger partial charge in [-0.1, -0.05) is 22.9 Å². The molecule has 2 atom stereocenters. The molecule has 0 saturated carbocycles. The lowest BCUT2D eigenvalue weighted by Crippen LogP contribution is -2.31. The summed E-state index contributed by atoms with van der Waals surface area (Å²) in [5.74, 6) is 0.846. The van der Waals surface area contributed by atoms with Crippen LogP contribution in [-0.4, -0.2) is 11.0 Å². The van der Waals surface area contributed by atoms with Crippen LogP contribution in [0.2, 0.25) is 0 Å². The minimum atomic E-state index is -0.169. The van der Waals surface area contributed by atoms with Crippen molar-refractivity contribution in [2.45, 2.75) is 39.3 Å². The maximum atomic E-state index is 6.25. The van der Waals surface area contributed by atoms with Crippen LogP contribution in [0.15, 0.2) is 41.1 Å². The second-order valence-corrected chi connectivity index (χ2v) is 6.06. The number of aryl methyl sites for hydroxylation is 2. The summed E-state index contributed by atoms with van der Waals surface area (Å²) >= 11 is 3.58. The molecule has 0 spiro atoms. The zero-order chi connectivity index (χ0) is 15.4. The Bertz CT molecular complexity index is 578. The van der Waals surface area contributed by atoms with Crippen molar-refractivity contribution >= 4 is 15.9 Å². The van der Waals surface area contributed by atoms with E-state index in [-0.39, 0.29) is 12.1 Å². The molecule has 0 aliphatic rings. The average Bonchev–Trinajstić information content (AvgIpc) is 2.50. The smallest absolute Gasteiger partial charge is 0.139 e. The second kappa shape index (κ2) is 7.05. The third kappa shape index (κ3) is 3.83. The van der Waals surface area contributed by atoms with Crippen LogP contribution >= 0.6 is 15.9 Å². The first-order chi connectivity index (χ1) is 10.0. The highest BCUT2D eigenvalue weighted by Gasteiger charge is 2.21. The maximum Gasteiger partial charge on any atom is 0.139 e. The number of pyridine rings is 1. The highest BCUT2D eigenvalue weighted by molar-refractivity contribution is 9.10. The molecule has 0 radical (unpaired) electrons. The fourth-order valence-corrected chi connectivity index (χ4v) is 2.52. The van der Waals surface area contributed by atoms with Crippen LogP contribution in [0.25, 0.3) is 0 Å². The highest BCUT2D eigenvalue weighted by Crippen LogP contribution is 2.30. The highest BCUT2D eigenvalue weighted by atomic mass is 79.9. The summed E-state index contributed by atoms with van der Waals surface area (Å²) in [6, 6.07) is 7.93. The lowest BCUT2D eigenvalue weighted by atomic mass is 10.0. The summed E-state index contributed by atoms with van der Waals surface area (Å²) in [6.07, 6.45) is 4.22. The molecule has 0 bridgehead atoms. The van der Waals surface area contributed by atoms with Crippen molar-refractivity contribution < 1.29 is 4.74 Å². The Kier molecular flexibility index (Phi) is 5.37. The molecule has 4 heteroatoms. The molecule has 2 unspecified atom stereocenters. The number of hydrogen-bond donors (Lipinski definition) is 1. The van der Waals surface area contributed by atoms with Crippen LogP contribution in [0.3, 0.4) is 0 Å². The first-order valence-corrected chi connectivity index (χ1v) is 7.91. The molecule has 0 aliphatic carbocycles. The first kappa shape index (κ1) is 16.0. The second-order valence-electron chi connectivity index (χ2n) is 5.26. The summed E-state index contributed by atoms with van der Waals surface area (Å²) in [5, 5.41) is 0. The van der Waals surface area contributed by atoms with Gasteiger partial charge < -0.3 is 10.5 Å². The summed E-state index contributed by atoms with van der Waals surface area (Å²) < 4.78 is 7.32. The van der Waals surface area contributed by atoms with Gasteiger partial charge in [0.15, 0.2) is 0 Å². The normalized spacial score (nSPS) is 13.8. The molecule has 0 saturated heterocycles. The molecule has 0 aliphatic heterocycles. The van der Waals surface area contributed by atoms with Gasteiger partial charge in [-0.15, -0.1) is 0 Å². The summed E-state index contributed by atoms with van der Waals surface area (Å²) in [7, 11) is 0. The SMILES string of the molecule is CCC(N)C(Oc1cc(C)c(Br)c(C)c1)c1ccncc1. The molecule has 1 aromatic heterocycles. The summed E-state index contributed by atoms with van der Waals surface area (Å²) in [4.78, 5) is 4.06. The van der Waals surface area contributed by atoms with E-state index in [0.717, 1.165) is 33.3 Å². The topological polar surface area (TPSA) is 48.1 Å². The van der Waals surface area contributed by atoms with Crippen LogP contribution < -0.4 is 10.5 Å². The molecular formula is C17H21BrN2O. The van der Waals surface area contributed by atoms with Gasteiger partial charge in [-0.2, -0.15) is 0 Å². The number of aromatic nitrogens is 1. The standard InChI is InChI=1S/C17H21BrN2O/c1-4-15(19)17(13-5-7-20-8-6-13)21-14-9-11(2)16(18)12(3)10-14/h5-10,15,17H,4,19H2,1-3H3. The summed E-state index contributed by atoms with van der Waals surface area (Å²) in [6.45, 7) is 6.19. The molecule has 1 aromatic carbocycles. The number of hydrogen-bond acceptors (Lipinski definition) is 3. The molecule has 0 amide bonds. The average molecular weight is 349 g/mol. The van der Waals surface area contributed by atoms with Gasteiger partial charge in [-0.05, 0) is 61.2 Å². The lowest BCUT2D eigenvalue weighted by Gasteiger charge is -2.25. The predicted octanol–water partition coefficient (Wildman–Crippen LogP) is 4.32. The molecule has 2 rings (SSSR count). The van der Waals surface area contributed by atoms with Crippen molar-refractivity contribution in [3.05, 3.63) is 57.8 Å². The van der Waals surface area contributed by atoms with Gasteiger partial charge in [-0.25, -0.2) is 0 Å². The van der Waals surface area contributed by atoms with E-state index in [1.165, 1.54) is 0 Å². The zero-order valence-electron chi connectivity index (χ0n) is 12.6. The number of benzene rings is 1. The van der Waals surface area contributed by atoms with E-state index in [1.807, 2.05) is 24.3 Å². The maximum absolute atomic E-state index is 6.25. The molecule has 2 aromatic rings. The number of nitrogens with zero attached hydrogens (tertiary/aromatic N) is 1. The van der Waals surface area contributed by atoms with E-state index in [1.54, 1.807) is 12.4 Å². The third-order valence-corrected chi connectivity index (χ3v) is 4.82. The molecule has 0 fully saturated rings. The number of nitrogens with two attached hydrogens (primary N) is 1. The largest absolute Gasteiger partial charge is 0.484 e. The Hall–Kier alpha value is -1.39. The predicted molar refractivity (Wildman–Crippen MR) is 89.5 cm³/mol. The Morgan fingerprint density at radius 3 is 2.29 bits per heavy atom. The van der Waals surface area contributed by atoms with Crippen LogP contribution in [0.4, 0.5) is 0 Å². The van der Waals surface area contributed by atoms with Gasteiger partial charge in [0.2, 0.25) is 0 Å². The van der Waals surface area contributed by atoms with Crippen molar-refractivity contribution in [1.82, 2.24) is 4.98 Å². The Morgan fingerprint density at radius 2 is 1.76 bits per heavy atom. The quantitative estimate of drug-likeness (QED) is 0.875. The van der Waals surface area contributed by atoms with E-state index in [9.17, 15) is 0 Å². The van der Waals surface area contributed by atoms with E-state index in [0.29, 0.717) is 0 Å². The summed E-state index contributed by atoms with van der Waals surface area (Å²) in [5.41, 5.74) is 9.61. The fourth-order valence-electron chi connectivity index (χ4n) is 2.29. The van der Waals surface area contributed by atoms with Crippen LogP contribution in [0, 0.1) is 13.8 Å². The van der Waals surface area contributed by atoms with Gasteiger partial charge in [-0.3, -0.25) is 4.98 Å². The Balaban J connectivity index is 2.32. The molecular weight excluding hydrogens is 328 g/mol. The van der Waals surface area contributed by atoms with Gasteiger partial charge in [0.05, 0.1) is 0 Å². The van der Waals surface area contributed by atoms with Gasteiger partial charge in [0.1, 0.15) is 11.9 Å². The third-order valence-electron chi connectivity index (χ3n) is 3.57. The van der Waals surface area contributed by atoms with Crippen molar-refractivity contribution in [2.75, 3.05) is 0 Å². The van der Waals surface area contributed by atoms with Crippen molar-refractivity contribution in [3.8, 4) is 5.75 Å². The molecule has 2 N–H and O–H groups in total. The minimum absolute atomic E-state index is 0.0586. The molecule has 21 heavy (non-hydrogen) atoms. The first-order valence-electron chi connectivity index (χ1n) is 7.11. The van der Waals surface area contributed by atoms with E-state index < -0.39 is 0 Å². The Labute approximate surface area is 134 Å². The molecule has 3 nitrogen and oxygen atoms in total. The minimum Gasteiger partial charge on any atom is -0.484 e. The Morgan fingerprint density at radius 1 is 1.19 bits per heavy atom. The van der Waals surface area contributed by atoms with Gasteiger partial charge in [0.25, 0.3) is 0 Å². The lowest BCUT2D eigenvalue weighted by molar-refractivity contribution is 0.170. The van der Waals surface area contributed by atoms with Gasteiger partial charge >= 0.3 is 0 Å². The fraction of sp³-hybridized carbons (Fsp3) is 0.353. The number of rotatable bonds is 5. The number of ether oxygens (including phenoxy) is 1. The van der Waals surface area contributed by atoms with Crippen molar-refractivity contribution in [3.63, 3.8) is 0 Å². The van der Waals surface area contributed by atoms with Crippen LogP contribution in [-0.2, 0) is 0 Å². The van der Waals surface area contributed by atoms with Crippen molar-refractivity contribution in [2.24, 2.45) is 5.73 Å². The van der Waals surface area contributed by atoms with Crippen molar-refractivity contribution in [1.29, 1.82) is 0 Å². The van der Waals surface area contributed by atoms with Crippen LogP contribution in [0.1, 0.15) is 36.1 Å².